The van der Waals surface area contributed by atoms with Crippen molar-refractivity contribution in [3.63, 3.8) is 0 Å². The predicted molar refractivity (Wildman–Crippen MR) is 134 cm³/mol. The van der Waals surface area contributed by atoms with E-state index in [9.17, 15) is 14.4 Å². The summed E-state index contributed by atoms with van der Waals surface area (Å²) in [5, 5.41) is 5.12. The minimum atomic E-state index is -0.523. The Morgan fingerprint density at radius 3 is 2.56 bits per heavy atom. The molecule has 0 aliphatic heterocycles. The summed E-state index contributed by atoms with van der Waals surface area (Å²) in [6.07, 6.45) is 1.38. The molecule has 7 nitrogen and oxygen atoms in total. The van der Waals surface area contributed by atoms with Crippen LogP contribution in [0.4, 0.5) is 5.69 Å². The van der Waals surface area contributed by atoms with Crippen LogP contribution in [-0.4, -0.2) is 28.0 Å². The highest BCUT2D eigenvalue weighted by atomic mass is 32.1. The van der Waals surface area contributed by atoms with Gasteiger partial charge in [-0.2, -0.15) is 0 Å². The Kier molecular flexibility index (Phi) is 6.88. The number of carbonyl (C=O) groups excluding carboxylic acids is 2. The molecule has 0 aliphatic rings. The van der Waals surface area contributed by atoms with Gasteiger partial charge in [0, 0.05) is 10.9 Å². The third-order valence-electron chi connectivity index (χ3n) is 5.46. The number of ether oxygens (including phenoxy) is 1. The number of thiophene rings is 1. The van der Waals surface area contributed by atoms with Crippen molar-refractivity contribution in [2.45, 2.75) is 33.2 Å². The number of esters is 1. The van der Waals surface area contributed by atoms with E-state index in [2.05, 4.69) is 36.3 Å². The van der Waals surface area contributed by atoms with Crippen molar-refractivity contribution in [3.05, 3.63) is 81.7 Å². The summed E-state index contributed by atoms with van der Waals surface area (Å²) in [6.45, 7) is 5.97. The molecule has 2 aromatic heterocycles. The van der Waals surface area contributed by atoms with Crippen molar-refractivity contribution in [1.82, 2.24) is 9.55 Å². The van der Waals surface area contributed by atoms with E-state index < -0.39 is 11.9 Å². The topological polar surface area (TPSA) is 90.3 Å². The van der Waals surface area contributed by atoms with Crippen molar-refractivity contribution < 1.29 is 14.3 Å². The molecule has 0 aliphatic carbocycles. The molecular weight excluding hydrogens is 450 g/mol. The van der Waals surface area contributed by atoms with Gasteiger partial charge >= 0.3 is 5.97 Å². The first-order chi connectivity index (χ1) is 16.4. The van der Waals surface area contributed by atoms with Gasteiger partial charge in [0.25, 0.3) is 5.56 Å². The molecule has 0 bridgehead atoms. The molecule has 1 amide bonds. The van der Waals surface area contributed by atoms with Crippen LogP contribution in [-0.2, 0) is 16.1 Å². The average molecular weight is 476 g/mol. The number of amides is 1. The summed E-state index contributed by atoms with van der Waals surface area (Å²) in [5.41, 5.74) is 3.25. The van der Waals surface area contributed by atoms with Gasteiger partial charge in [-0.3, -0.25) is 14.2 Å². The summed E-state index contributed by atoms with van der Waals surface area (Å²) in [5.74, 6) is -0.553. The van der Waals surface area contributed by atoms with E-state index in [1.807, 2.05) is 17.5 Å². The van der Waals surface area contributed by atoms with E-state index in [0.717, 1.165) is 11.1 Å². The fourth-order valence-corrected chi connectivity index (χ4v) is 4.57. The van der Waals surface area contributed by atoms with E-state index in [-0.39, 0.29) is 24.3 Å². The van der Waals surface area contributed by atoms with E-state index in [1.54, 1.807) is 31.2 Å². The first kappa shape index (κ1) is 23.4. The Hall–Kier alpha value is -3.78. The molecule has 2 aromatic carbocycles. The van der Waals surface area contributed by atoms with Crippen LogP contribution in [0.1, 0.15) is 42.6 Å². The lowest BCUT2D eigenvalue weighted by Crippen LogP contribution is -2.28. The van der Waals surface area contributed by atoms with Gasteiger partial charge in [-0.1, -0.05) is 50.2 Å². The van der Waals surface area contributed by atoms with Gasteiger partial charge in [0.2, 0.25) is 5.91 Å². The lowest BCUT2D eigenvalue weighted by Gasteiger charge is -2.11. The second-order valence-electron chi connectivity index (χ2n) is 8.10. The maximum absolute atomic E-state index is 13.3. The third kappa shape index (κ3) is 4.77. The standard InChI is InChI=1S/C26H25N3O4S/c1-4-33-26(32)19-7-5-6-8-21(19)28-22(30)13-29-15-27-24-23(25(29)31)20(14-34-24)18-11-9-17(10-12-18)16(2)3/h5-12,14-16H,4,13H2,1-3H3,(H,28,30). The van der Waals surface area contributed by atoms with E-state index in [0.29, 0.717) is 21.8 Å². The second kappa shape index (κ2) is 10.0. The summed E-state index contributed by atoms with van der Waals surface area (Å²) in [4.78, 5) is 43.2. The Morgan fingerprint density at radius 1 is 1.12 bits per heavy atom. The molecule has 0 fully saturated rings. The van der Waals surface area contributed by atoms with Gasteiger partial charge in [0.05, 0.1) is 29.6 Å². The molecular formula is C26H25N3O4S. The highest BCUT2D eigenvalue weighted by Crippen LogP contribution is 2.31. The summed E-state index contributed by atoms with van der Waals surface area (Å²) in [7, 11) is 0. The molecule has 8 heteroatoms. The number of rotatable bonds is 7. The normalized spacial score (nSPS) is 11.1. The van der Waals surface area contributed by atoms with Crippen LogP contribution in [0.15, 0.2) is 65.0 Å². The van der Waals surface area contributed by atoms with Crippen LogP contribution in [0.5, 0.6) is 0 Å². The summed E-state index contributed by atoms with van der Waals surface area (Å²) in [6, 6.07) is 14.7. The van der Waals surface area contributed by atoms with Crippen LogP contribution in [0.2, 0.25) is 0 Å². The highest BCUT2D eigenvalue weighted by molar-refractivity contribution is 7.17. The van der Waals surface area contributed by atoms with Crippen molar-refractivity contribution >= 4 is 39.1 Å². The van der Waals surface area contributed by atoms with Crippen LogP contribution < -0.4 is 10.9 Å². The van der Waals surface area contributed by atoms with Crippen LogP contribution in [0.25, 0.3) is 21.3 Å². The zero-order valence-corrected chi connectivity index (χ0v) is 20.0. The van der Waals surface area contributed by atoms with Gasteiger partial charge < -0.3 is 10.1 Å². The number of fused-ring (bicyclic) bond motifs is 1. The quantitative estimate of drug-likeness (QED) is 0.377. The second-order valence-corrected chi connectivity index (χ2v) is 8.96. The number of nitrogens with zero attached hydrogens (tertiary/aromatic N) is 2. The lowest BCUT2D eigenvalue weighted by molar-refractivity contribution is -0.116. The Morgan fingerprint density at radius 2 is 1.85 bits per heavy atom. The Labute approximate surface area is 201 Å². The zero-order chi connectivity index (χ0) is 24.2. The molecule has 2 heterocycles. The maximum Gasteiger partial charge on any atom is 0.340 e. The molecule has 34 heavy (non-hydrogen) atoms. The minimum absolute atomic E-state index is 0.228. The minimum Gasteiger partial charge on any atom is -0.462 e. The molecule has 0 radical (unpaired) electrons. The number of hydrogen-bond donors (Lipinski definition) is 1. The molecule has 0 saturated carbocycles. The predicted octanol–water partition coefficient (Wildman–Crippen LogP) is 5.06. The number of benzene rings is 2. The molecule has 4 aromatic rings. The van der Waals surface area contributed by atoms with Gasteiger partial charge in [0.15, 0.2) is 0 Å². The zero-order valence-electron chi connectivity index (χ0n) is 19.2. The number of hydrogen-bond acceptors (Lipinski definition) is 6. The largest absolute Gasteiger partial charge is 0.462 e. The van der Waals surface area contributed by atoms with Crippen LogP contribution in [0.3, 0.4) is 0 Å². The monoisotopic (exact) mass is 475 g/mol. The third-order valence-corrected chi connectivity index (χ3v) is 6.35. The first-order valence-electron chi connectivity index (χ1n) is 11.0. The van der Waals surface area contributed by atoms with Crippen LogP contribution >= 0.6 is 11.3 Å². The summed E-state index contributed by atoms with van der Waals surface area (Å²) < 4.78 is 6.33. The highest BCUT2D eigenvalue weighted by Gasteiger charge is 2.17. The van der Waals surface area contributed by atoms with Gasteiger partial charge in [0.1, 0.15) is 11.4 Å². The number of anilines is 1. The maximum atomic E-state index is 13.3. The van der Waals surface area contributed by atoms with Crippen molar-refractivity contribution in [1.29, 1.82) is 0 Å². The van der Waals surface area contributed by atoms with Gasteiger partial charge in [-0.25, -0.2) is 9.78 Å². The number of nitrogens with one attached hydrogen (secondary N) is 1. The molecule has 4 rings (SSSR count). The molecule has 1 N–H and O–H groups in total. The van der Waals surface area contributed by atoms with Crippen molar-refractivity contribution in [3.8, 4) is 11.1 Å². The SMILES string of the molecule is CCOC(=O)c1ccccc1NC(=O)Cn1cnc2scc(-c3ccc(C(C)C)cc3)c2c1=O. The number of carbonyl (C=O) groups is 2. The molecule has 0 spiro atoms. The van der Waals surface area contributed by atoms with E-state index in [4.69, 9.17) is 4.74 Å². The summed E-state index contributed by atoms with van der Waals surface area (Å²) >= 11 is 1.40. The Bertz CT molecular complexity index is 1400. The smallest absolute Gasteiger partial charge is 0.340 e. The number of para-hydroxylation sites is 1. The van der Waals surface area contributed by atoms with E-state index >= 15 is 0 Å². The van der Waals surface area contributed by atoms with Gasteiger partial charge in [-0.15, -0.1) is 11.3 Å². The Balaban J connectivity index is 1.61. The van der Waals surface area contributed by atoms with Crippen molar-refractivity contribution in [2.75, 3.05) is 11.9 Å². The molecule has 174 valence electrons. The lowest BCUT2D eigenvalue weighted by atomic mass is 9.99. The van der Waals surface area contributed by atoms with Crippen LogP contribution in [0, 0.1) is 0 Å². The molecule has 0 atom stereocenters. The van der Waals surface area contributed by atoms with Crippen molar-refractivity contribution in [2.24, 2.45) is 0 Å². The van der Waals surface area contributed by atoms with Gasteiger partial charge in [-0.05, 0) is 36.1 Å². The average Bonchev–Trinajstić information content (AvgIpc) is 3.26. The number of aromatic nitrogens is 2. The first-order valence-corrected chi connectivity index (χ1v) is 11.9. The molecule has 0 saturated heterocycles. The molecule has 0 unspecified atom stereocenters. The fraction of sp³-hybridized carbons (Fsp3) is 0.231. The fourth-order valence-electron chi connectivity index (χ4n) is 3.66. The van der Waals surface area contributed by atoms with E-state index in [1.165, 1.54) is 27.8 Å².